The largest absolute Gasteiger partial charge is 0.391 e. The molecule has 0 fully saturated rings. The van der Waals surface area contributed by atoms with Gasteiger partial charge in [-0.05, 0) is 33.7 Å². The van der Waals surface area contributed by atoms with Crippen molar-refractivity contribution in [3.63, 3.8) is 0 Å². The van der Waals surface area contributed by atoms with Crippen LogP contribution in [0.25, 0.3) is 0 Å². The summed E-state index contributed by atoms with van der Waals surface area (Å²) in [7, 11) is -2.10. The van der Waals surface area contributed by atoms with Crippen LogP contribution in [0.15, 0.2) is 0 Å². The molecule has 0 unspecified atom stereocenters. The molecule has 0 rings (SSSR count). The second-order valence-electron chi connectivity index (χ2n) is 5.69. The topological polar surface area (TPSA) is 18.5 Å². The molecule has 0 aliphatic rings. The second kappa shape index (κ2) is 5.46. The normalized spacial score (nSPS) is 14.0. The molecule has 0 saturated carbocycles. The zero-order valence-electron chi connectivity index (χ0n) is 11.7. The molecule has 0 saturated heterocycles. The minimum atomic E-state index is -2.10. The first kappa shape index (κ1) is 15.1. The summed E-state index contributed by atoms with van der Waals surface area (Å²) in [6.07, 6.45) is 0.490. The maximum absolute atomic E-state index is 6.18. The van der Waals surface area contributed by atoms with Crippen molar-refractivity contribution < 1.29 is 8.85 Å². The van der Waals surface area contributed by atoms with Gasteiger partial charge in [-0.3, -0.25) is 0 Å². The van der Waals surface area contributed by atoms with Gasteiger partial charge in [-0.1, -0.05) is 27.7 Å². The van der Waals surface area contributed by atoms with Crippen molar-refractivity contribution in [2.24, 2.45) is 0 Å². The van der Waals surface area contributed by atoms with Crippen LogP contribution in [0.4, 0.5) is 0 Å². The Morgan fingerprint density at radius 1 is 0.933 bits per heavy atom. The van der Waals surface area contributed by atoms with Gasteiger partial charge in [0, 0.05) is 17.2 Å². The first-order valence-electron chi connectivity index (χ1n) is 6.00. The van der Waals surface area contributed by atoms with E-state index in [0.717, 1.165) is 6.04 Å². The fourth-order valence-electron chi connectivity index (χ4n) is 1.84. The number of hydrogen-bond acceptors (Lipinski definition) is 2. The zero-order chi connectivity index (χ0) is 12.3. The molecule has 0 bridgehead atoms. The summed E-state index contributed by atoms with van der Waals surface area (Å²) in [4.78, 5) is 0. The van der Waals surface area contributed by atoms with Gasteiger partial charge in [0.2, 0.25) is 0 Å². The monoisotopic (exact) mass is 232 g/mol. The van der Waals surface area contributed by atoms with Gasteiger partial charge in [0.25, 0.3) is 0 Å². The van der Waals surface area contributed by atoms with Gasteiger partial charge in [0.15, 0.2) is 0 Å². The molecule has 92 valence electrons. The van der Waals surface area contributed by atoms with Crippen LogP contribution in [0, 0.1) is 0 Å². The maximum Gasteiger partial charge on any atom is 0.343 e. The van der Waals surface area contributed by atoms with Crippen LogP contribution in [-0.4, -0.2) is 20.8 Å². The lowest BCUT2D eigenvalue weighted by molar-refractivity contribution is 0.0889. The minimum Gasteiger partial charge on any atom is -0.391 e. The van der Waals surface area contributed by atoms with Gasteiger partial charge in [0.1, 0.15) is 0 Å². The predicted octanol–water partition coefficient (Wildman–Crippen LogP) is 4.10. The first-order valence-corrected chi connectivity index (χ1v) is 8.02. The first-order chi connectivity index (χ1) is 6.64. The van der Waals surface area contributed by atoms with Crippen LogP contribution in [0.3, 0.4) is 0 Å². The summed E-state index contributed by atoms with van der Waals surface area (Å²) < 4.78 is 12.4. The van der Waals surface area contributed by atoms with E-state index in [1.165, 1.54) is 0 Å². The van der Waals surface area contributed by atoms with Crippen molar-refractivity contribution in [3.8, 4) is 0 Å². The van der Waals surface area contributed by atoms with E-state index in [2.05, 4.69) is 55.4 Å². The molecule has 3 heteroatoms. The third kappa shape index (κ3) is 4.25. The molecule has 0 aromatic heterocycles. The van der Waals surface area contributed by atoms with Crippen molar-refractivity contribution >= 4 is 8.56 Å². The maximum atomic E-state index is 6.18. The van der Waals surface area contributed by atoms with Crippen LogP contribution in [0.5, 0.6) is 0 Å². The standard InChI is InChI=1S/C12H28O2Si/c1-9-15(12(6,7)8,13-10(2)3)14-11(4)5/h10-11H,9H2,1-8H3. The van der Waals surface area contributed by atoms with E-state index < -0.39 is 8.56 Å². The van der Waals surface area contributed by atoms with E-state index in [4.69, 9.17) is 8.85 Å². The Morgan fingerprint density at radius 2 is 1.27 bits per heavy atom. The molecule has 15 heavy (non-hydrogen) atoms. The van der Waals surface area contributed by atoms with Gasteiger partial charge in [-0.15, -0.1) is 0 Å². The Balaban J connectivity index is 4.93. The van der Waals surface area contributed by atoms with Crippen LogP contribution in [0.1, 0.15) is 55.4 Å². The average molecular weight is 232 g/mol. The highest BCUT2D eigenvalue weighted by Gasteiger charge is 2.49. The molecule has 0 atom stereocenters. The van der Waals surface area contributed by atoms with Crippen molar-refractivity contribution in [2.45, 2.75) is 78.7 Å². The summed E-state index contributed by atoms with van der Waals surface area (Å²) in [5.41, 5.74) is 0. The molecule has 0 spiro atoms. The van der Waals surface area contributed by atoms with E-state index in [9.17, 15) is 0 Å². The van der Waals surface area contributed by atoms with Crippen LogP contribution >= 0.6 is 0 Å². The SMILES string of the molecule is CC[Si](OC(C)C)(OC(C)C)C(C)(C)C. The third-order valence-corrected chi connectivity index (χ3v) is 7.38. The quantitative estimate of drug-likeness (QED) is 0.664. The van der Waals surface area contributed by atoms with E-state index in [0.29, 0.717) is 0 Å². The molecule has 0 heterocycles. The molecule has 0 aromatic rings. The smallest absolute Gasteiger partial charge is 0.343 e. The average Bonchev–Trinajstić information content (AvgIpc) is 1.98. The van der Waals surface area contributed by atoms with E-state index >= 15 is 0 Å². The lowest BCUT2D eigenvalue weighted by Gasteiger charge is -2.42. The van der Waals surface area contributed by atoms with Gasteiger partial charge >= 0.3 is 8.56 Å². The summed E-state index contributed by atoms with van der Waals surface area (Å²) in [5, 5.41) is 0.121. The molecule has 0 N–H and O–H groups in total. The summed E-state index contributed by atoms with van der Waals surface area (Å²) in [5.74, 6) is 0. The van der Waals surface area contributed by atoms with Gasteiger partial charge < -0.3 is 8.85 Å². The third-order valence-electron chi connectivity index (χ3n) is 2.46. The lowest BCUT2D eigenvalue weighted by Crippen LogP contribution is -2.52. The Labute approximate surface area is 96.6 Å². The molecule has 0 aliphatic carbocycles. The highest BCUT2D eigenvalue weighted by Crippen LogP contribution is 2.41. The van der Waals surface area contributed by atoms with E-state index in [-0.39, 0.29) is 17.2 Å². The van der Waals surface area contributed by atoms with Crippen molar-refractivity contribution in [3.05, 3.63) is 0 Å². The van der Waals surface area contributed by atoms with Crippen LogP contribution < -0.4 is 0 Å². The predicted molar refractivity (Wildman–Crippen MR) is 68.4 cm³/mol. The molecule has 2 nitrogen and oxygen atoms in total. The summed E-state index contributed by atoms with van der Waals surface area (Å²) >= 11 is 0. The Kier molecular flexibility index (Phi) is 5.51. The van der Waals surface area contributed by atoms with Crippen LogP contribution in [0.2, 0.25) is 11.1 Å². The molecule has 0 aromatic carbocycles. The van der Waals surface area contributed by atoms with Gasteiger partial charge in [-0.25, -0.2) is 0 Å². The van der Waals surface area contributed by atoms with E-state index in [1.54, 1.807) is 0 Å². The van der Waals surface area contributed by atoms with Crippen molar-refractivity contribution in [1.82, 2.24) is 0 Å². The molecule has 0 radical (unpaired) electrons. The highest BCUT2D eigenvalue weighted by molar-refractivity contribution is 6.70. The van der Waals surface area contributed by atoms with Crippen LogP contribution in [-0.2, 0) is 8.85 Å². The fraction of sp³-hybridized carbons (Fsp3) is 1.00. The molecular weight excluding hydrogens is 204 g/mol. The molecule has 0 aliphatic heterocycles. The zero-order valence-corrected chi connectivity index (χ0v) is 12.7. The van der Waals surface area contributed by atoms with Crippen molar-refractivity contribution in [1.29, 1.82) is 0 Å². The summed E-state index contributed by atoms with van der Waals surface area (Å²) in [6.45, 7) is 17.2. The molecular formula is C12H28O2Si. The minimum absolute atomic E-state index is 0.121. The molecule has 0 amide bonds. The Hall–Kier alpha value is 0.137. The summed E-state index contributed by atoms with van der Waals surface area (Å²) in [6, 6.07) is 1.01. The number of hydrogen-bond donors (Lipinski definition) is 0. The fourth-order valence-corrected chi connectivity index (χ4v) is 5.52. The van der Waals surface area contributed by atoms with Gasteiger partial charge in [-0.2, -0.15) is 0 Å². The van der Waals surface area contributed by atoms with Gasteiger partial charge in [0.05, 0.1) is 0 Å². The lowest BCUT2D eigenvalue weighted by atomic mass is 10.2. The van der Waals surface area contributed by atoms with Crippen molar-refractivity contribution in [2.75, 3.05) is 0 Å². The number of rotatable bonds is 5. The Morgan fingerprint density at radius 3 is 1.40 bits per heavy atom. The highest BCUT2D eigenvalue weighted by atomic mass is 28.4. The van der Waals surface area contributed by atoms with E-state index in [1.807, 2.05) is 0 Å². The Bertz CT molecular complexity index is 173. The second-order valence-corrected chi connectivity index (χ2v) is 9.87.